The molecule has 3 rings (SSSR count). The lowest BCUT2D eigenvalue weighted by molar-refractivity contribution is 0.164. The van der Waals surface area contributed by atoms with Crippen molar-refractivity contribution in [2.24, 2.45) is 0 Å². The molecular formula is C17H18O3. The molecule has 1 N–H and O–H groups in total. The van der Waals surface area contributed by atoms with E-state index in [2.05, 4.69) is 6.08 Å². The number of allylic oxidation sites excluding steroid dienone is 2. The van der Waals surface area contributed by atoms with Crippen LogP contribution < -0.4 is 5.63 Å². The highest BCUT2D eigenvalue weighted by Gasteiger charge is 2.20. The van der Waals surface area contributed by atoms with Crippen molar-refractivity contribution in [1.82, 2.24) is 0 Å². The first-order valence-electron chi connectivity index (χ1n) is 7.11. The molecule has 1 aliphatic carbocycles. The van der Waals surface area contributed by atoms with Crippen LogP contribution in [-0.4, -0.2) is 5.11 Å². The van der Waals surface area contributed by atoms with E-state index in [1.54, 1.807) is 13.0 Å². The lowest BCUT2D eigenvalue weighted by atomic mass is 9.89. The third kappa shape index (κ3) is 2.18. The summed E-state index contributed by atoms with van der Waals surface area (Å²) in [5, 5.41) is 11.4. The topological polar surface area (TPSA) is 50.4 Å². The summed E-state index contributed by atoms with van der Waals surface area (Å²) in [7, 11) is 0. The van der Waals surface area contributed by atoms with Crippen molar-refractivity contribution in [3.8, 4) is 0 Å². The van der Waals surface area contributed by atoms with E-state index < -0.39 is 6.10 Å². The monoisotopic (exact) mass is 270 g/mol. The molecule has 0 spiro atoms. The Bertz CT molecular complexity index is 723. The third-order valence-electron chi connectivity index (χ3n) is 3.86. The van der Waals surface area contributed by atoms with E-state index in [0.29, 0.717) is 11.1 Å². The summed E-state index contributed by atoms with van der Waals surface area (Å²) in [4.78, 5) is 12.0. The molecule has 0 fully saturated rings. The summed E-state index contributed by atoms with van der Waals surface area (Å²) in [6.45, 7) is 1.64. The average Bonchev–Trinajstić information content (AvgIpc) is 2.48. The number of rotatable bonds is 2. The van der Waals surface area contributed by atoms with Crippen molar-refractivity contribution < 1.29 is 9.52 Å². The minimum Gasteiger partial charge on any atom is -0.424 e. The normalized spacial score (nSPS) is 17.0. The van der Waals surface area contributed by atoms with Crippen LogP contribution in [0.2, 0.25) is 0 Å². The molecule has 1 unspecified atom stereocenters. The molecule has 3 heteroatoms. The van der Waals surface area contributed by atoms with Crippen molar-refractivity contribution in [2.45, 2.75) is 38.7 Å². The van der Waals surface area contributed by atoms with E-state index in [1.165, 1.54) is 12.0 Å². The highest BCUT2D eigenvalue weighted by Crippen LogP contribution is 2.35. The van der Waals surface area contributed by atoms with Gasteiger partial charge in [0.2, 0.25) is 0 Å². The number of benzene rings is 1. The number of aliphatic hydroxyl groups excluding tert-OH is 1. The van der Waals surface area contributed by atoms with Crippen LogP contribution >= 0.6 is 0 Å². The van der Waals surface area contributed by atoms with Crippen molar-refractivity contribution in [3.05, 3.63) is 52.1 Å². The first kappa shape index (κ1) is 13.1. The first-order valence-corrected chi connectivity index (χ1v) is 7.11. The van der Waals surface area contributed by atoms with Crippen molar-refractivity contribution >= 4 is 16.3 Å². The molecule has 104 valence electrons. The molecular weight excluding hydrogens is 252 g/mol. The molecule has 0 radical (unpaired) electrons. The second kappa shape index (κ2) is 5.25. The Labute approximate surface area is 117 Å². The Morgan fingerprint density at radius 2 is 1.95 bits per heavy atom. The summed E-state index contributed by atoms with van der Waals surface area (Å²) in [6.07, 6.45) is 5.77. The largest absolute Gasteiger partial charge is 0.424 e. The van der Waals surface area contributed by atoms with Gasteiger partial charge in [-0.25, -0.2) is 4.79 Å². The average molecular weight is 270 g/mol. The number of hydrogen-bond donors (Lipinski definition) is 1. The number of hydrogen-bond acceptors (Lipinski definition) is 3. The van der Waals surface area contributed by atoms with Gasteiger partial charge in [-0.05, 0) is 49.6 Å². The number of fused-ring (bicyclic) bond motifs is 1. The molecule has 1 aliphatic rings. The van der Waals surface area contributed by atoms with E-state index in [-0.39, 0.29) is 5.63 Å². The molecule has 0 amide bonds. The Kier molecular flexibility index (Phi) is 3.45. The maximum absolute atomic E-state index is 12.0. The molecule has 0 saturated carbocycles. The molecule has 1 atom stereocenters. The van der Waals surface area contributed by atoms with E-state index in [1.807, 2.05) is 18.2 Å². The van der Waals surface area contributed by atoms with Crippen molar-refractivity contribution in [1.29, 1.82) is 0 Å². The molecule has 0 bridgehead atoms. The Hall–Kier alpha value is -1.87. The molecule has 2 aromatic rings. The highest BCUT2D eigenvalue weighted by molar-refractivity contribution is 5.93. The fourth-order valence-electron chi connectivity index (χ4n) is 2.91. The molecule has 1 aromatic heterocycles. The molecule has 0 saturated heterocycles. The van der Waals surface area contributed by atoms with Gasteiger partial charge >= 0.3 is 5.63 Å². The van der Waals surface area contributed by atoms with Crippen LogP contribution in [0.25, 0.3) is 16.3 Å². The third-order valence-corrected chi connectivity index (χ3v) is 3.86. The Balaban J connectivity index is 2.37. The van der Waals surface area contributed by atoms with Crippen LogP contribution in [0.4, 0.5) is 0 Å². The Morgan fingerprint density at radius 1 is 1.20 bits per heavy atom. The number of aliphatic hydroxyl groups is 1. The Morgan fingerprint density at radius 3 is 2.60 bits per heavy atom. The predicted octanol–water partition coefficient (Wildman–Crippen LogP) is 3.80. The highest BCUT2D eigenvalue weighted by atomic mass is 16.4. The summed E-state index contributed by atoms with van der Waals surface area (Å²) in [6, 6.07) is 7.46. The molecule has 3 nitrogen and oxygen atoms in total. The van der Waals surface area contributed by atoms with E-state index in [4.69, 9.17) is 4.42 Å². The fourth-order valence-corrected chi connectivity index (χ4v) is 2.91. The summed E-state index contributed by atoms with van der Waals surface area (Å²) >= 11 is 0. The van der Waals surface area contributed by atoms with Crippen molar-refractivity contribution in [3.63, 3.8) is 0 Å². The zero-order chi connectivity index (χ0) is 14.1. The smallest absolute Gasteiger partial charge is 0.343 e. The minimum atomic E-state index is -0.787. The van der Waals surface area contributed by atoms with Gasteiger partial charge in [0.05, 0.1) is 5.39 Å². The van der Waals surface area contributed by atoms with Gasteiger partial charge in [-0.1, -0.05) is 24.3 Å². The molecule has 1 aromatic carbocycles. The van der Waals surface area contributed by atoms with Crippen LogP contribution in [-0.2, 0) is 0 Å². The molecule has 1 heterocycles. The summed E-state index contributed by atoms with van der Waals surface area (Å²) < 4.78 is 5.39. The summed E-state index contributed by atoms with van der Waals surface area (Å²) in [5.41, 5.74) is 1.72. The van der Waals surface area contributed by atoms with E-state index >= 15 is 0 Å². The standard InChI is InChI=1S/C17H18O3/c1-11(18)16-15(12-7-3-2-4-8-12)13-9-5-6-10-14(13)17(19)20-16/h5-7,9-11,18H,2-4,8H2,1H3. The van der Waals surface area contributed by atoms with Crippen LogP contribution in [0.15, 0.2) is 39.6 Å². The van der Waals surface area contributed by atoms with Gasteiger partial charge in [-0.3, -0.25) is 0 Å². The maximum Gasteiger partial charge on any atom is 0.343 e. The zero-order valence-electron chi connectivity index (χ0n) is 11.6. The van der Waals surface area contributed by atoms with Gasteiger partial charge in [0.25, 0.3) is 0 Å². The zero-order valence-corrected chi connectivity index (χ0v) is 11.6. The molecule has 0 aliphatic heterocycles. The van der Waals surface area contributed by atoms with Gasteiger partial charge in [0.1, 0.15) is 11.9 Å². The van der Waals surface area contributed by atoms with Gasteiger partial charge < -0.3 is 9.52 Å². The molecule has 20 heavy (non-hydrogen) atoms. The SMILES string of the molecule is CC(O)c1oc(=O)c2ccccc2c1C1=CCCCC1. The minimum absolute atomic E-state index is 0.378. The van der Waals surface area contributed by atoms with Gasteiger partial charge in [0.15, 0.2) is 0 Å². The fraction of sp³-hybridized carbons (Fsp3) is 0.353. The quantitative estimate of drug-likeness (QED) is 0.903. The van der Waals surface area contributed by atoms with Crippen molar-refractivity contribution in [2.75, 3.05) is 0 Å². The predicted molar refractivity (Wildman–Crippen MR) is 79.6 cm³/mol. The van der Waals surface area contributed by atoms with Crippen LogP contribution in [0, 0.1) is 0 Å². The van der Waals surface area contributed by atoms with E-state index in [9.17, 15) is 9.90 Å². The van der Waals surface area contributed by atoms with Crippen LogP contribution in [0.3, 0.4) is 0 Å². The summed E-state index contributed by atoms with van der Waals surface area (Å²) in [5.74, 6) is 0.391. The second-order valence-corrected chi connectivity index (χ2v) is 5.33. The van der Waals surface area contributed by atoms with Crippen LogP contribution in [0.5, 0.6) is 0 Å². The lowest BCUT2D eigenvalue weighted by Crippen LogP contribution is -2.09. The van der Waals surface area contributed by atoms with Gasteiger partial charge in [-0.2, -0.15) is 0 Å². The first-order chi connectivity index (χ1) is 9.68. The van der Waals surface area contributed by atoms with Gasteiger partial charge in [-0.15, -0.1) is 0 Å². The second-order valence-electron chi connectivity index (χ2n) is 5.33. The van der Waals surface area contributed by atoms with Gasteiger partial charge in [0, 0.05) is 5.56 Å². The lowest BCUT2D eigenvalue weighted by Gasteiger charge is -2.18. The van der Waals surface area contributed by atoms with Crippen LogP contribution in [0.1, 0.15) is 50.0 Å². The maximum atomic E-state index is 12.0. The van der Waals surface area contributed by atoms with E-state index in [0.717, 1.165) is 30.2 Å².